The quantitative estimate of drug-likeness (QED) is 0.887. The fourth-order valence-corrected chi connectivity index (χ4v) is 3.12. The van der Waals surface area contributed by atoms with E-state index in [1.807, 2.05) is 11.4 Å². The van der Waals surface area contributed by atoms with Crippen molar-refractivity contribution in [1.82, 2.24) is 9.97 Å². The Morgan fingerprint density at radius 2 is 2.24 bits per heavy atom. The number of nitrogens with one attached hydrogen (secondary N) is 1. The molecule has 3 rings (SSSR count). The summed E-state index contributed by atoms with van der Waals surface area (Å²) in [7, 11) is 0. The molecule has 5 nitrogen and oxygen atoms in total. The second-order valence-electron chi connectivity index (χ2n) is 5.29. The summed E-state index contributed by atoms with van der Waals surface area (Å²) < 4.78 is 11.4. The third-order valence-electron chi connectivity index (χ3n) is 3.62. The lowest BCUT2D eigenvalue weighted by Gasteiger charge is -2.22. The lowest BCUT2D eigenvalue weighted by atomic mass is 10.0. The largest absolute Gasteiger partial charge is 0.477 e. The molecule has 0 amide bonds. The summed E-state index contributed by atoms with van der Waals surface area (Å²) in [5.41, 5.74) is 0. The van der Waals surface area contributed by atoms with E-state index in [0.717, 1.165) is 49.2 Å². The van der Waals surface area contributed by atoms with Crippen molar-refractivity contribution in [2.24, 2.45) is 5.92 Å². The van der Waals surface area contributed by atoms with Crippen molar-refractivity contribution in [3.8, 4) is 5.88 Å². The van der Waals surface area contributed by atoms with E-state index in [9.17, 15) is 0 Å². The second kappa shape index (κ2) is 7.04. The zero-order valence-electron chi connectivity index (χ0n) is 12.3. The van der Waals surface area contributed by atoms with Crippen molar-refractivity contribution in [3.63, 3.8) is 0 Å². The number of rotatable bonds is 6. The molecule has 1 aliphatic rings. The van der Waals surface area contributed by atoms with E-state index in [4.69, 9.17) is 9.47 Å². The highest BCUT2D eigenvalue weighted by molar-refractivity contribution is 7.16. The third-order valence-corrected chi connectivity index (χ3v) is 4.43. The summed E-state index contributed by atoms with van der Waals surface area (Å²) in [6.45, 7) is 5.39. The van der Waals surface area contributed by atoms with Crippen molar-refractivity contribution < 1.29 is 9.47 Å². The van der Waals surface area contributed by atoms with Crippen LogP contribution in [-0.4, -0.2) is 36.3 Å². The van der Waals surface area contributed by atoms with Crippen LogP contribution in [0.25, 0.3) is 10.2 Å². The Labute approximate surface area is 128 Å². The number of aromatic nitrogens is 2. The first kappa shape index (κ1) is 14.5. The van der Waals surface area contributed by atoms with Gasteiger partial charge in [0.05, 0.1) is 12.0 Å². The summed E-state index contributed by atoms with van der Waals surface area (Å²) >= 11 is 1.62. The summed E-state index contributed by atoms with van der Waals surface area (Å²) in [6, 6.07) is 2.03. The van der Waals surface area contributed by atoms with Crippen LogP contribution >= 0.6 is 11.3 Å². The number of hydrogen-bond acceptors (Lipinski definition) is 6. The van der Waals surface area contributed by atoms with Gasteiger partial charge in [-0.1, -0.05) is 6.92 Å². The van der Waals surface area contributed by atoms with Crippen molar-refractivity contribution in [2.75, 3.05) is 31.7 Å². The molecule has 0 aromatic carbocycles. The van der Waals surface area contributed by atoms with Gasteiger partial charge >= 0.3 is 0 Å². The SMILES string of the molecule is CCCNc1nc(OCC2CCOCC2)c2ccsc2n1. The average Bonchev–Trinajstić information content (AvgIpc) is 3.00. The van der Waals surface area contributed by atoms with Gasteiger partial charge in [-0.15, -0.1) is 11.3 Å². The van der Waals surface area contributed by atoms with Gasteiger partial charge in [0, 0.05) is 19.8 Å². The molecule has 0 bridgehead atoms. The third kappa shape index (κ3) is 3.63. The van der Waals surface area contributed by atoms with Crippen LogP contribution in [0.15, 0.2) is 11.4 Å². The second-order valence-corrected chi connectivity index (χ2v) is 6.18. The minimum Gasteiger partial charge on any atom is -0.477 e. The topological polar surface area (TPSA) is 56.3 Å². The predicted molar refractivity (Wildman–Crippen MR) is 85.2 cm³/mol. The molecule has 1 saturated heterocycles. The summed E-state index contributed by atoms with van der Waals surface area (Å²) in [6.07, 6.45) is 3.18. The van der Waals surface area contributed by atoms with E-state index in [0.29, 0.717) is 24.4 Å². The normalized spacial score (nSPS) is 16.2. The summed E-state index contributed by atoms with van der Waals surface area (Å²) in [5.74, 6) is 1.93. The highest BCUT2D eigenvalue weighted by Gasteiger charge is 2.16. The van der Waals surface area contributed by atoms with Gasteiger partial charge in [0.2, 0.25) is 11.8 Å². The minimum atomic E-state index is 0.564. The Bertz CT molecular complexity index is 581. The number of ether oxygens (including phenoxy) is 2. The molecule has 0 aliphatic carbocycles. The van der Waals surface area contributed by atoms with E-state index < -0.39 is 0 Å². The van der Waals surface area contributed by atoms with Crippen LogP contribution in [0.5, 0.6) is 5.88 Å². The van der Waals surface area contributed by atoms with E-state index in [2.05, 4.69) is 22.2 Å². The van der Waals surface area contributed by atoms with Gasteiger partial charge < -0.3 is 14.8 Å². The van der Waals surface area contributed by atoms with Crippen LogP contribution in [0.4, 0.5) is 5.95 Å². The number of nitrogens with zero attached hydrogens (tertiary/aromatic N) is 2. The molecule has 1 aliphatic heterocycles. The molecule has 0 atom stereocenters. The number of hydrogen-bond donors (Lipinski definition) is 1. The van der Waals surface area contributed by atoms with Gasteiger partial charge in [-0.2, -0.15) is 4.98 Å². The Kier molecular flexibility index (Phi) is 4.87. The highest BCUT2D eigenvalue weighted by atomic mass is 32.1. The zero-order chi connectivity index (χ0) is 14.5. The lowest BCUT2D eigenvalue weighted by molar-refractivity contribution is 0.0493. The zero-order valence-corrected chi connectivity index (χ0v) is 13.1. The van der Waals surface area contributed by atoms with Crippen molar-refractivity contribution >= 4 is 27.5 Å². The number of anilines is 1. The fourth-order valence-electron chi connectivity index (χ4n) is 2.36. The molecular formula is C15H21N3O2S. The van der Waals surface area contributed by atoms with Crippen molar-refractivity contribution in [2.45, 2.75) is 26.2 Å². The molecule has 0 radical (unpaired) electrons. The molecule has 0 saturated carbocycles. The molecule has 6 heteroatoms. The minimum absolute atomic E-state index is 0.564. The van der Waals surface area contributed by atoms with Crippen LogP contribution in [0.3, 0.4) is 0 Å². The smallest absolute Gasteiger partial charge is 0.227 e. The molecule has 1 N–H and O–H groups in total. The van der Waals surface area contributed by atoms with E-state index in [-0.39, 0.29) is 0 Å². The van der Waals surface area contributed by atoms with Crippen molar-refractivity contribution in [3.05, 3.63) is 11.4 Å². The van der Waals surface area contributed by atoms with Gasteiger partial charge in [0.1, 0.15) is 4.83 Å². The van der Waals surface area contributed by atoms with Crippen molar-refractivity contribution in [1.29, 1.82) is 0 Å². The maximum atomic E-state index is 6.00. The van der Waals surface area contributed by atoms with Crippen LogP contribution < -0.4 is 10.1 Å². The first-order valence-electron chi connectivity index (χ1n) is 7.56. The van der Waals surface area contributed by atoms with Gasteiger partial charge in [-0.3, -0.25) is 0 Å². The molecule has 2 aromatic heterocycles. The average molecular weight is 307 g/mol. The van der Waals surface area contributed by atoms with Crippen LogP contribution in [0.1, 0.15) is 26.2 Å². The van der Waals surface area contributed by atoms with E-state index in [1.54, 1.807) is 11.3 Å². The Morgan fingerprint density at radius 1 is 1.38 bits per heavy atom. The number of fused-ring (bicyclic) bond motifs is 1. The van der Waals surface area contributed by atoms with Crippen LogP contribution in [-0.2, 0) is 4.74 Å². The molecular weight excluding hydrogens is 286 g/mol. The molecule has 0 unspecified atom stereocenters. The maximum Gasteiger partial charge on any atom is 0.227 e. The highest BCUT2D eigenvalue weighted by Crippen LogP contribution is 2.29. The van der Waals surface area contributed by atoms with E-state index >= 15 is 0 Å². The lowest BCUT2D eigenvalue weighted by Crippen LogP contribution is -2.21. The predicted octanol–water partition coefficient (Wildman–Crippen LogP) is 3.32. The Balaban J connectivity index is 1.73. The molecule has 114 valence electrons. The number of thiophene rings is 1. The first-order valence-corrected chi connectivity index (χ1v) is 8.44. The van der Waals surface area contributed by atoms with Crippen LogP contribution in [0, 0.1) is 5.92 Å². The van der Waals surface area contributed by atoms with Gasteiger partial charge in [-0.25, -0.2) is 4.98 Å². The van der Waals surface area contributed by atoms with Gasteiger partial charge in [0.15, 0.2) is 0 Å². The Hall–Kier alpha value is -1.40. The Morgan fingerprint density at radius 3 is 3.05 bits per heavy atom. The molecule has 1 fully saturated rings. The molecule has 21 heavy (non-hydrogen) atoms. The fraction of sp³-hybridized carbons (Fsp3) is 0.600. The molecule has 2 aromatic rings. The summed E-state index contributed by atoms with van der Waals surface area (Å²) in [4.78, 5) is 10.0. The monoisotopic (exact) mass is 307 g/mol. The maximum absolute atomic E-state index is 6.00. The first-order chi connectivity index (χ1) is 10.4. The van der Waals surface area contributed by atoms with E-state index in [1.165, 1.54) is 0 Å². The molecule has 3 heterocycles. The van der Waals surface area contributed by atoms with Crippen LogP contribution in [0.2, 0.25) is 0 Å². The van der Waals surface area contributed by atoms with Gasteiger partial charge in [0.25, 0.3) is 0 Å². The molecule has 0 spiro atoms. The summed E-state index contributed by atoms with van der Waals surface area (Å²) in [5, 5.41) is 6.28. The standard InChI is InChI=1S/C15H21N3O2S/c1-2-6-16-15-17-13(12-5-9-21-14(12)18-15)20-10-11-3-7-19-8-4-11/h5,9,11H,2-4,6-8,10H2,1H3,(H,16,17,18). The van der Waals surface area contributed by atoms with Gasteiger partial charge in [-0.05, 0) is 36.6 Å².